The Balaban J connectivity index is 1.54. The number of hydrogen-bond donors (Lipinski definition) is 2. The number of aromatic nitrogens is 3. The summed E-state index contributed by atoms with van der Waals surface area (Å²) < 4.78 is 62.2. The first-order valence-electron chi connectivity index (χ1n) is 11.3. The van der Waals surface area contributed by atoms with Gasteiger partial charge in [-0.15, -0.1) is 0 Å². The van der Waals surface area contributed by atoms with E-state index in [0.29, 0.717) is 23.0 Å². The molecule has 2 N–H and O–H groups in total. The fourth-order valence-corrected chi connectivity index (χ4v) is 4.07. The third kappa shape index (κ3) is 4.92. The number of halogens is 4. The molecular weight excluding hydrogens is 506 g/mol. The molecule has 3 heterocycles. The first kappa shape index (κ1) is 24.9. The van der Waals surface area contributed by atoms with Crippen LogP contribution in [0.5, 0.6) is 0 Å². The number of hydrogen-bond acceptors (Lipinski definition) is 5. The summed E-state index contributed by atoms with van der Waals surface area (Å²) in [6.07, 6.45) is -4.02. The van der Waals surface area contributed by atoms with E-state index in [1.54, 1.807) is 36.4 Å². The molecule has 0 saturated carbocycles. The van der Waals surface area contributed by atoms with Crippen molar-refractivity contribution in [2.45, 2.75) is 12.2 Å². The van der Waals surface area contributed by atoms with E-state index in [1.165, 1.54) is 30.1 Å². The Kier molecular flexibility index (Phi) is 6.31. The third-order valence-corrected chi connectivity index (χ3v) is 5.89. The zero-order valence-corrected chi connectivity index (χ0v) is 19.7. The predicted octanol–water partition coefficient (Wildman–Crippen LogP) is 5.34. The summed E-state index contributed by atoms with van der Waals surface area (Å²) in [7, 11) is 1.53. The zero-order valence-electron chi connectivity index (χ0n) is 19.7. The predicted molar refractivity (Wildman–Crippen MR) is 128 cm³/mol. The Morgan fingerprint density at radius 3 is 2.53 bits per heavy atom. The van der Waals surface area contributed by atoms with Gasteiger partial charge in [0.25, 0.3) is 5.91 Å². The van der Waals surface area contributed by atoms with E-state index in [9.17, 15) is 27.2 Å². The number of alkyl halides is 3. The number of carbonyl (C=O) groups excluding carboxylic acids is 2. The number of carbonyl (C=O) groups is 2. The van der Waals surface area contributed by atoms with E-state index in [2.05, 4.69) is 20.7 Å². The van der Waals surface area contributed by atoms with Gasteiger partial charge in [0.05, 0.1) is 33.9 Å². The van der Waals surface area contributed by atoms with E-state index >= 15 is 0 Å². The SMILES string of the molecule is Cn1ccc(-c2cc(C(=O)Nc3ccc(C4COC(=O)N4)nc3-c3ccccc3)c(F)cc2C(F)(F)F)n1. The maximum absolute atomic E-state index is 14.9. The highest BCUT2D eigenvalue weighted by atomic mass is 19.4. The Morgan fingerprint density at radius 1 is 1.13 bits per heavy atom. The molecule has 38 heavy (non-hydrogen) atoms. The lowest BCUT2D eigenvalue weighted by Gasteiger charge is -2.16. The quantitative estimate of drug-likeness (QED) is 0.343. The maximum atomic E-state index is 14.9. The van der Waals surface area contributed by atoms with Crippen LogP contribution in [-0.4, -0.2) is 33.4 Å². The van der Waals surface area contributed by atoms with Gasteiger partial charge in [0, 0.05) is 24.4 Å². The number of aryl methyl sites for hydroxylation is 1. The summed E-state index contributed by atoms with van der Waals surface area (Å²) in [4.78, 5) is 29.2. The van der Waals surface area contributed by atoms with Crippen LogP contribution in [0.25, 0.3) is 22.5 Å². The van der Waals surface area contributed by atoms with E-state index in [1.807, 2.05) is 0 Å². The molecule has 0 aliphatic carbocycles. The summed E-state index contributed by atoms with van der Waals surface area (Å²) in [5, 5.41) is 9.18. The number of cyclic esters (lactones) is 1. The molecule has 2 aromatic heterocycles. The molecule has 4 aromatic rings. The molecule has 1 unspecified atom stereocenters. The number of anilines is 1. The number of amides is 2. The Morgan fingerprint density at radius 2 is 1.89 bits per heavy atom. The van der Waals surface area contributed by atoms with Gasteiger partial charge in [-0.3, -0.25) is 9.48 Å². The molecule has 1 saturated heterocycles. The number of nitrogens with one attached hydrogen (secondary N) is 2. The first-order valence-corrected chi connectivity index (χ1v) is 11.3. The number of rotatable bonds is 5. The average Bonchev–Trinajstić information content (AvgIpc) is 3.52. The molecule has 8 nitrogen and oxygen atoms in total. The van der Waals surface area contributed by atoms with Crippen molar-refractivity contribution in [1.82, 2.24) is 20.1 Å². The van der Waals surface area contributed by atoms with E-state index in [-0.39, 0.29) is 18.0 Å². The van der Waals surface area contributed by atoms with Crippen LogP contribution in [0.4, 0.5) is 28.0 Å². The Hall–Kier alpha value is -4.74. The molecule has 2 amide bonds. The van der Waals surface area contributed by atoms with Crippen molar-refractivity contribution in [2.75, 3.05) is 11.9 Å². The van der Waals surface area contributed by atoms with Crippen molar-refractivity contribution in [3.05, 3.63) is 89.5 Å². The summed E-state index contributed by atoms with van der Waals surface area (Å²) in [5.41, 5.74) is -0.768. The second-order valence-electron chi connectivity index (χ2n) is 8.50. The second-order valence-corrected chi connectivity index (χ2v) is 8.50. The zero-order chi connectivity index (χ0) is 27.0. The lowest BCUT2D eigenvalue weighted by Crippen LogP contribution is -2.20. The van der Waals surface area contributed by atoms with Crippen LogP contribution in [0.2, 0.25) is 0 Å². The molecule has 1 aliphatic heterocycles. The van der Waals surface area contributed by atoms with Crippen LogP contribution >= 0.6 is 0 Å². The van der Waals surface area contributed by atoms with Gasteiger partial charge < -0.3 is 15.4 Å². The van der Waals surface area contributed by atoms with Gasteiger partial charge >= 0.3 is 12.3 Å². The van der Waals surface area contributed by atoms with Crippen LogP contribution in [-0.2, 0) is 18.0 Å². The molecule has 1 atom stereocenters. The van der Waals surface area contributed by atoms with Crippen LogP contribution in [0.15, 0.2) is 66.9 Å². The van der Waals surface area contributed by atoms with Crippen molar-refractivity contribution in [2.24, 2.45) is 7.05 Å². The van der Waals surface area contributed by atoms with Gasteiger partial charge in [0.15, 0.2) is 0 Å². The lowest BCUT2D eigenvalue weighted by atomic mass is 9.99. The lowest BCUT2D eigenvalue weighted by molar-refractivity contribution is -0.137. The fraction of sp³-hybridized carbons (Fsp3) is 0.154. The number of nitrogens with zero attached hydrogens (tertiary/aromatic N) is 3. The van der Waals surface area contributed by atoms with Gasteiger partial charge in [0.2, 0.25) is 0 Å². The molecule has 194 valence electrons. The highest BCUT2D eigenvalue weighted by molar-refractivity contribution is 6.07. The van der Waals surface area contributed by atoms with Gasteiger partial charge in [-0.1, -0.05) is 30.3 Å². The molecular formula is C26H19F4N5O3. The highest BCUT2D eigenvalue weighted by Crippen LogP contribution is 2.38. The summed E-state index contributed by atoms with van der Waals surface area (Å²) in [6.45, 7) is 0.0683. The summed E-state index contributed by atoms with van der Waals surface area (Å²) >= 11 is 0. The van der Waals surface area contributed by atoms with Gasteiger partial charge in [-0.2, -0.15) is 18.3 Å². The average molecular weight is 525 g/mol. The van der Waals surface area contributed by atoms with Gasteiger partial charge in [-0.25, -0.2) is 14.2 Å². The van der Waals surface area contributed by atoms with Crippen LogP contribution in [0.3, 0.4) is 0 Å². The van der Waals surface area contributed by atoms with Crippen molar-refractivity contribution in [1.29, 1.82) is 0 Å². The Labute approximate surface area is 213 Å². The van der Waals surface area contributed by atoms with Crippen molar-refractivity contribution in [3.8, 4) is 22.5 Å². The fourth-order valence-electron chi connectivity index (χ4n) is 4.07. The van der Waals surface area contributed by atoms with E-state index in [0.717, 1.165) is 6.07 Å². The van der Waals surface area contributed by atoms with E-state index in [4.69, 9.17) is 4.74 Å². The Bertz CT molecular complexity index is 1540. The molecule has 1 aliphatic rings. The molecule has 0 radical (unpaired) electrons. The number of alkyl carbamates (subject to hydrolysis) is 1. The standard InChI is InChI=1S/C26H19F4N5O3/c1-35-10-9-19(34-35)15-11-16(18(27)12-17(15)26(28,29)30)24(36)32-21-8-7-20(22-13-38-25(37)33-22)31-23(21)14-5-3-2-4-6-14/h2-12,22H,13H2,1H3,(H,32,36)(H,33,37). The maximum Gasteiger partial charge on any atom is 0.417 e. The number of benzene rings is 2. The molecule has 0 spiro atoms. The van der Waals surface area contributed by atoms with Crippen molar-refractivity contribution >= 4 is 17.7 Å². The van der Waals surface area contributed by atoms with Crippen molar-refractivity contribution in [3.63, 3.8) is 0 Å². The van der Waals surface area contributed by atoms with Gasteiger partial charge in [0.1, 0.15) is 18.5 Å². The third-order valence-electron chi connectivity index (χ3n) is 5.89. The minimum absolute atomic E-state index is 0.0642. The second kappa shape index (κ2) is 9.61. The molecule has 2 aromatic carbocycles. The molecule has 1 fully saturated rings. The van der Waals surface area contributed by atoms with Gasteiger partial charge in [-0.05, 0) is 30.3 Å². The normalized spacial score (nSPS) is 15.2. The monoisotopic (exact) mass is 525 g/mol. The highest BCUT2D eigenvalue weighted by Gasteiger charge is 2.36. The van der Waals surface area contributed by atoms with Crippen molar-refractivity contribution < 1.29 is 31.9 Å². The number of pyridine rings is 1. The minimum Gasteiger partial charge on any atom is -0.447 e. The summed E-state index contributed by atoms with van der Waals surface area (Å²) in [5.74, 6) is -2.32. The van der Waals surface area contributed by atoms with E-state index < -0.39 is 46.7 Å². The molecule has 5 rings (SSSR count). The van der Waals surface area contributed by atoms with Crippen LogP contribution in [0.1, 0.15) is 27.7 Å². The summed E-state index contributed by atoms with van der Waals surface area (Å²) in [6, 6.07) is 13.8. The smallest absolute Gasteiger partial charge is 0.417 e. The topological polar surface area (TPSA) is 98.1 Å². The largest absolute Gasteiger partial charge is 0.447 e. The molecule has 0 bridgehead atoms. The van der Waals surface area contributed by atoms with Crippen LogP contribution < -0.4 is 10.6 Å². The molecule has 12 heteroatoms. The number of ether oxygens (including phenoxy) is 1. The first-order chi connectivity index (χ1) is 18.1. The van der Waals surface area contributed by atoms with Crippen LogP contribution in [0, 0.1) is 5.82 Å². The minimum atomic E-state index is -4.87.